The van der Waals surface area contributed by atoms with Crippen molar-refractivity contribution in [3.63, 3.8) is 0 Å². The Balaban J connectivity index is 1.73. The number of carbonyl (C=O) groups is 2. The lowest BCUT2D eigenvalue weighted by atomic mass is 9.63. The van der Waals surface area contributed by atoms with Gasteiger partial charge in [-0.25, -0.2) is 0 Å². The van der Waals surface area contributed by atoms with Crippen LogP contribution in [0.2, 0.25) is 0 Å². The third-order valence-corrected chi connectivity index (χ3v) is 9.03. The van der Waals surface area contributed by atoms with E-state index in [0.29, 0.717) is 37.6 Å². The van der Waals surface area contributed by atoms with Crippen molar-refractivity contribution in [1.82, 2.24) is 4.90 Å². The lowest BCUT2D eigenvalue weighted by molar-refractivity contribution is -0.119. The molecule has 1 heterocycles. The summed E-state index contributed by atoms with van der Waals surface area (Å²) in [6, 6.07) is 14.5. The molecule has 0 bridgehead atoms. The molecular weight excluding hydrogens is 578 g/mol. The van der Waals surface area contributed by atoms with E-state index in [1.54, 1.807) is 0 Å². The van der Waals surface area contributed by atoms with Crippen molar-refractivity contribution in [3.8, 4) is 11.5 Å². The number of allylic oxidation sites excluding steroid dienone is 4. The number of hydrogen-bond acceptors (Lipinski definition) is 5. The van der Waals surface area contributed by atoms with Gasteiger partial charge in [-0.05, 0) is 83.1 Å². The van der Waals surface area contributed by atoms with E-state index in [9.17, 15) is 9.59 Å². The van der Waals surface area contributed by atoms with E-state index in [1.165, 1.54) is 5.56 Å². The number of ether oxygens (including phenoxy) is 2. The molecule has 2 aliphatic carbocycles. The summed E-state index contributed by atoms with van der Waals surface area (Å²) in [6.45, 7) is 14.3. The highest BCUT2D eigenvalue weighted by Crippen LogP contribution is 2.55. The second-order valence-corrected chi connectivity index (χ2v) is 14.0. The summed E-state index contributed by atoms with van der Waals surface area (Å²) >= 11 is 3.72. The van der Waals surface area contributed by atoms with Crippen molar-refractivity contribution >= 4 is 27.5 Å². The number of carbonyl (C=O) groups excluding carboxylic acids is 2. The van der Waals surface area contributed by atoms with Gasteiger partial charge in [0.25, 0.3) is 0 Å². The number of nitrogens with zero attached hydrogens (tertiary/aromatic N) is 1. The minimum Gasteiger partial charge on any atom is -0.490 e. The molecule has 0 atom stereocenters. The molecule has 0 unspecified atom stereocenters. The van der Waals surface area contributed by atoms with E-state index in [1.807, 2.05) is 32.0 Å². The number of ketones is 2. The summed E-state index contributed by atoms with van der Waals surface area (Å²) < 4.78 is 12.7. The highest BCUT2D eigenvalue weighted by molar-refractivity contribution is 9.10. The average Bonchev–Trinajstić information content (AvgIpc) is 2.88. The molecule has 6 heteroatoms. The Kier molecular flexibility index (Phi) is 8.26. The number of halogens is 1. The summed E-state index contributed by atoms with van der Waals surface area (Å²) in [7, 11) is 0. The summed E-state index contributed by atoms with van der Waals surface area (Å²) in [5.41, 5.74) is 5.55. The molecule has 41 heavy (non-hydrogen) atoms. The fraction of sp³-hybridized carbons (Fsp3) is 0.486. The van der Waals surface area contributed by atoms with Crippen LogP contribution >= 0.6 is 15.9 Å². The molecule has 0 saturated heterocycles. The van der Waals surface area contributed by atoms with Gasteiger partial charge in [0, 0.05) is 47.8 Å². The van der Waals surface area contributed by atoms with E-state index in [0.717, 1.165) is 58.4 Å². The first kappa shape index (κ1) is 29.6. The Morgan fingerprint density at radius 1 is 0.829 bits per heavy atom. The molecule has 0 radical (unpaired) electrons. The third-order valence-electron chi connectivity index (χ3n) is 8.44. The Labute approximate surface area is 253 Å². The van der Waals surface area contributed by atoms with Gasteiger partial charge in [-0.2, -0.15) is 0 Å². The van der Waals surface area contributed by atoms with Crippen LogP contribution in [0.25, 0.3) is 0 Å². The van der Waals surface area contributed by atoms with E-state index in [-0.39, 0.29) is 22.4 Å². The predicted molar refractivity (Wildman–Crippen MR) is 166 cm³/mol. The largest absolute Gasteiger partial charge is 0.490 e. The van der Waals surface area contributed by atoms with Gasteiger partial charge >= 0.3 is 0 Å². The molecule has 0 amide bonds. The first-order valence-electron chi connectivity index (χ1n) is 14.9. The first-order valence-corrected chi connectivity index (χ1v) is 15.7. The Hall–Kier alpha value is -2.86. The van der Waals surface area contributed by atoms with Gasteiger partial charge in [-0.15, -0.1) is 0 Å². The minimum absolute atomic E-state index is 0.137. The van der Waals surface area contributed by atoms with Crippen LogP contribution in [-0.2, 0) is 16.0 Å². The van der Waals surface area contributed by atoms with Crippen molar-refractivity contribution in [2.75, 3.05) is 19.8 Å². The van der Waals surface area contributed by atoms with Crippen LogP contribution in [0.15, 0.2) is 69.5 Å². The van der Waals surface area contributed by atoms with Crippen LogP contribution in [0.3, 0.4) is 0 Å². The van der Waals surface area contributed by atoms with Crippen LogP contribution in [0.4, 0.5) is 0 Å². The van der Waals surface area contributed by atoms with Crippen molar-refractivity contribution in [2.45, 2.75) is 79.6 Å². The van der Waals surface area contributed by atoms with Crippen molar-refractivity contribution in [1.29, 1.82) is 0 Å². The van der Waals surface area contributed by atoms with E-state index in [2.05, 4.69) is 72.8 Å². The fourth-order valence-electron chi connectivity index (χ4n) is 6.84. The zero-order valence-corrected chi connectivity index (χ0v) is 26.8. The maximum absolute atomic E-state index is 14.1. The summed E-state index contributed by atoms with van der Waals surface area (Å²) in [5, 5.41) is 0. The lowest BCUT2D eigenvalue weighted by Gasteiger charge is -2.49. The topological polar surface area (TPSA) is 55.8 Å². The summed E-state index contributed by atoms with van der Waals surface area (Å²) in [4.78, 5) is 30.6. The van der Waals surface area contributed by atoms with Crippen LogP contribution in [0.5, 0.6) is 11.5 Å². The van der Waals surface area contributed by atoms with Crippen LogP contribution in [0.1, 0.15) is 84.3 Å². The molecule has 2 aromatic carbocycles. The zero-order valence-electron chi connectivity index (χ0n) is 25.2. The number of Topliss-reactive ketones (excluding diaryl/α,β-unsaturated/α-hetero) is 2. The Bertz CT molecular complexity index is 1370. The summed E-state index contributed by atoms with van der Waals surface area (Å²) in [6.07, 6.45) is 3.36. The maximum atomic E-state index is 14.1. The third kappa shape index (κ3) is 5.90. The molecular formula is C35H42BrNO4. The molecule has 0 spiro atoms. The van der Waals surface area contributed by atoms with E-state index in [4.69, 9.17) is 9.47 Å². The molecule has 1 aliphatic heterocycles. The fourth-order valence-corrected chi connectivity index (χ4v) is 7.41. The molecule has 0 aromatic heterocycles. The van der Waals surface area contributed by atoms with E-state index < -0.39 is 5.92 Å². The van der Waals surface area contributed by atoms with Gasteiger partial charge in [0.15, 0.2) is 23.1 Å². The standard InChI is InChI=1S/C35H42BrNO4/c1-7-40-29-17-23(16-24(36)33(29)41-8-2)30-31-25(18-34(3,4)20-27(31)38)37(15-14-22-12-10-9-11-13-22)26-19-35(5,6)21-28(39)32(26)30/h9-13,16-17,30H,7-8,14-15,18-21H2,1-6H3. The highest BCUT2D eigenvalue weighted by Gasteiger charge is 2.49. The molecule has 218 valence electrons. The summed E-state index contributed by atoms with van der Waals surface area (Å²) in [5.74, 6) is 1.12. The van der Waals surface area contributed by atoms with Crippen molar-refractivity contribution in [3.05, 3.63) is 80.6 Å². The maximum Gasteiger partial charge on any atom is 0.175 e. The number of rotatable bonds is 8. The van der Waals surface area contributed by atoms with Gasteiger partial charge in [-0.3, -0.25) is 9.59 Å². The Morgan fingerprint density at radius 2 is 1.39 bits per heavy atom. The zero-order chi connectivity index (χ0) is 29.5. The SMILES string of the molecule is CCOc1cc(C2C3=C(CC(C)(C)CC3=O)N(CCc3ccccc3)C3=C2C(=O)CC(C)(C)C3)cc(Br)c1OCC. The van der Waals surface area contributed by atoms with Gasteiger partial charge in [-0.1, -0.05) is 58.0 Å². The van der Waals surface area contributed by atoms with Gasteiger partial charge in [0.2, 0.25) is 0 Å². The van der Waals surface area contributed by atoms with Crippen LogP contribution in [-0.4, -0.2) is 36.2 Å². The Morgan fingerprint density at radius 3 is 1.93 bits per heavy atom. The number of hydrogen-bond donors (Lipinski definition) is 0. The van der Waals surface area contributed by atoms with Gasteiger partial charge < -0.3 is 14.4 Å². The first-order chi connectivity index (χ1) is 19.4. The normalized spacial score (nSPS) is 20.2. The van der Waals surface area contributed by atoms with Crippen LogP contribution in [0, 0.1) is 10.8 Å². The highest BCUT2D eigenvalue weighted by atomic mass is 79.9. The lowest BCUT2D eigenvalue weighted by Crippen LogP contribution is -2.45. The predicted octanol–water partition coefficient (Wildman–Crippen LogP) is 8.17. The second kappa shape index (κ2) is 11.4. The minimum atomic E-state index is -0.425. The monoisotopic (exact) mass is 619 g/mol. The smallest absolute Gasteiger partial charge is 0.175 e. The molecule has 0 fully saturated rings. The number of benzene rings is 2. The van der Waals surface area contributed by atoms with Crippen LogP contribution < -0.4 is 9.47 Å². The molecule has 5 nitrogen and oxygen atoms in total. The molecule has 0 N–H and O–H groups in total. The van der Waals surface area contributed by atoms with Crippen molar-refractivity contribution in [2.24, 2.45) is 10.8 Å². The molecule has 2 aromatic rings. The second-order valence-electron chi connectivity index (χ2n) is 13.1. The quantitative estimate of drug-likeness (QED) is 0.298. The average molecular weight is 621 g/mol. The van der Waals surface area contributed by atoms with Gasteiger partial charge in [0.05, 0.1) is 17.7 Å². The van der Waals surface area contributed by atoms with E-state index >= 15 is 0 Å². The van der Waals surface area contributed by atoms with Crippen molar-refractivity contribution < 1.29 is 19.1 Å². The molecule has 3 aliphatic rings. The molecule has 5 rings (SSSR count). The van der Waals surface area contributed by atoms with Gasteiger partial charge in [0.1, 0.15) is 0 Å². The molecule has 0 saturated carbocycles.